The first-order valence-corrected chi connectivity index (χ1v) is 11.3. The van der Waals surface area contributed by atoms with Gasteiger partial charge in [0, 0.05) is 5.56 Å². The van der Waals surface area contributed by atoms with Gasteiger partial charge in [-0.15, -0.1) is 0 Å². The number of barbiturate groups is 1. The van der Waals surface area contributed by atoms with Crippen molar-refractivity contribution in [3.8, 4) is 11.5 Å². The van der Waals surface area contributed by atoms with Crippen LogP contribution >= 0.6 is 0 Å². The number of carbonyl (C=O) groups is 3. The molecule has 0 saturated carbocycles. The molecule has 4 rings (SSSR count). The highest BCUT2D eigenvalue weighted by molar-refractivity contribution is 6.39. The SMILES string of the molecule is CCOc1ccc(N2C(=O)NC(=O)/C(=C\c3ccccc3OCc3cc(C)cc(C)c3)C2=O)cc1. The molecule has 0 radical (unpaired) electrons. The maximum absolute atomic E-state index is 13.2. The molecule has 3 aromatic carbocycles. The highest BCUT2D eigenvalue weighted by Gasteiger charge is 2.37. The van der Waals surface area contributed by atoms with Crippen molar-refractivity contribution in [2.75, 3.05) is 11.5 Å². The molecule has 0 spiro atoms. The third-order valence-corrected chi connectivity index (χ3v) is 5.40. The van der Waals surface area contributed by atoms with Crippen molar-refractivity contribution in [2.45, 2.75) is 27.4 Å². The van der Waals surface area contributed by atoms with Gasteiger partial charge in [-0.1, -0.05) is 47.5 Å². The molecular weight excluding hydrogens is 444 g/mol. The summed E-state index contributed by atoms with van der Waals surface area (Å²) in [5.41, 5.74) is 4.01. The number of para-hydroxylation sites is 1. The second-order valence-corrected chi connectivity index (χ2v) is 8.21. The molecule has 1 N–H and O–H groups in total. The monoisotopic (exact) mass is 470 g/mol. The zero-order valence-electron chi connectivity index (χ0n) is 19.8. The van der Waals surface area contributed by atoms with Gasteiger partial charge in [0.25, 0.3) is 11.8 Å². The fourth-order valence-corrected chi connectivity index (χ4v) is 3.95. The van der Waals surface area contributed by atoms with Gasteiger partial charge in [-0.05, 0) is 62.7 Å². The zero-order valence-corrected chi connectivity index (χ0v) is 19.8. The summed E-state index contributed by atoms with van der Waals surface area (Å²) < 4.78 is 11.4. The second kappa shape index (κ2) is 10.3. The van der Waals surface area contributed by atoms with Crippen LogP contribution in [0.3, 0.4) is 0 Å². The molecule has 7 heteroatoms. The van der Waals surface area contributed by atoms with Crippen molar-refractivity contribution in [3.63, 3.8) is 0 Å². The van der Waals surface area contributed by atoms with E-state index in [9.17, 15) is 14.4 Å². The van der Waals surface area contributed by atoms with E-state index in [-0.39, 0.29) is 5.57 Å². The van der Waals surface area contributed by atoms with E-state index in [0.29, 0.717) is 36.0 Å². The summed E-state index contributed by atoms with van der Waals surface area (Å²) in [5.74, 6) is -0.342. The molecule has 1 saturated heterocycles. The van der Waals surface area contributed by atoms with Gasteiger partial charge < -0.3 is 9.47 Å². The molecule has 0 atom stereocenters. The third-order valence-electron chi connectivity index (χ3n) is 5.40. The summed E-state index contributed by atoms with van der Waals surface area (Å²) in [4.78, 5) is 39.3. The van der Waals surface area contributed by atoms with Crippen molar-refractivity contribution in [1.82, 2.24) is 5.32 Å². The topological polar surface area (TPSA) is 84.9 Å². The highest BCUT2D eigenvalue weighted by atomic mass is 16.5. The first-order valence-electron chi connectivity index (χ1n) is 11.3. The minimum atomic E-state index is -0.805. The van der Waals surface area contributed by atoms with Crippen LogP contribution in [0, 0.1) is 13.8 Å². The van der Waals surface area contributed by atoms with Crippen LogP contribution in [0.15, 0.2) is 72.3 Å². The van der Waals surface area contributed by atoms with Crippen LogP contribution in [0.4, 0.5) is 10.5 Å². The van der Waals surface area contributed by atoms with Crippen LogP contribution in [0.25, 0.3) is 6.08 Å². The Labute approximate surface area is 204 Å². The summed E-state index contributed by atoms with van der Waals surface area (Å²) in [6, 6.07) is 19.0. The van der Waals surface area contributed by atoms with Gasteiger partial charge in [0.15, 0.2) is 0 Å². The van der Waals surface area contributed by atoms with Gasteiger partial charge in [0.2, 0.25) is 0 Å². The van der Waals surface area contributed by atoms with Crippen LogP contribution in [0.5, 0.6) is 11.5 Å². The predicted octanol–water partition coefficient (Wildman–Crippen LogP) is 4.95. The molecule has 1 fully saturated rings. The van der Waals surface area contributed by atoms with Gasteiger partial charge in [0.1, 0.15) is 23.7 Å². The Morgan fingerprint density at radius 3 is 2.26 bits per heavy atom. The number of ether oxygens (including phenoxy) is 2. The summed E-state index contributed by atoms with van der Waals surface area (Å²) in [6.07, 6.45) is 1.45. The minimum Gasteiger partial charge on any atom is -0.494 e. The number of urea groups is 1. The van der Waals surface area contributed by atoms with E-state index in [1.54, 1.807) is 42.5 Å². The predicted molar refractivity (Wildman–Crippen MR) is 133 cm³/mol. The zero-order chi connectivity index (χ0) is 24.9. The molecule has 3 aromatic rings. The Hall–Kier alpha value is -4.39. The summed E-state index contributed by atoms with van der Waals surface area (Å²) >= 11 is 0. The van der Waals surface area contributed by atoms with Crippen LogP contribution in [0.2, 0.25) is 0 Å². The molecule has 1 aliphatic rings. The van der Waals surface area contributed by atoms with Gasteiger partial charge in [-0.2, -0.15) is 0 Å². The van der Waals surface area contributed by atoms with Crippen molar-refractivity contribution in [1.29, 1.82) is 0 Å². The van der Waals surface area contributed by atoms with Gasteiger partial charge in [-0.3, -0.25) is 14.9 Å². The molecule has 7 nitrogen and oxygen atoms in total. The van der Waals surface area contributed by atoms with Crippen molar-refractivity contribution in [3.05, 3.63) is 94.6 Å². The van der Waals surface area contributed by atoms with Crippen molar-refractivity contribution in [2.24, 2.45) is 0 Å². The molecule has 4 amide bonds. The normalized spacial score (nSPS) is 14.8. The Bertz CT molecular complexity index is 1290. The van der Waals surface area contributed by atoms with E-state index in [0.717, 1.165) is 21.6 Å². The van der Waals surface area contributed by atoms with Crippen LogP contribution in [-0.4, -0.2) is 24.5 Å². The number of amides is 4. The fourth-order valence-electron chi connectivity index (χ4n) is 3.95. The lowest BCUT2D eigenvalue weighted by Gasteiger charge is -2.26. The van der Waals surface area contributed by atoms with Gasteiger partial charge in [-0.25, -0.2) is 9.69 Å². The number of nitrogens with one attached hydrogen (secondary N) is 1. The summed E-state index contributed by atoms with van der Waals surface area (Å²) in [7, 11) is 0. The number of benzene rings is 3. The van der Waals surface area contributed by atoms with E-state index < -0.39 is 17.8 Å². The number of hydrogen-bond acceptors (Lipinski definition) is 5. The lowest BCUT2D eigenvalue weighted by atomic mass is 10.1. The third kappa shape index (κ3) is 5.41. The lowest BCUT2D eigenvalue weighted by Crippen LogP contribution is -2.54. The van der Waals surface area contributed by atoms with Gasteiger partial charge >= 0.3 is 6.03 Å². The molecule has 178 valence electrons. The van der Waals surface area contributed by atoms with E-state index in [4.69, 9.17) is 9.47 Å². The standard InChI is InChI=1S/C28H26N2O5/c1-4-34-23-11-9-22(10-12-23)30-27(32)24(26(31)29-28(30)33)16-21-7-5-6-8-25(21)35-17-20-14-18(2)13-19(3)15-20/h5-16H,4,17H2,1-3H3,(H,29,31,33)/b24-16+. The van der Waals surface area contributed by atoms with Crippen molar-refractivity contribution < 1.29 is 23.9 Å². The molecule has 0 aliphatic carbocycles. The van der Waals surface area contributed by atoms with Gasteiger partial charge in [0.05, 0.1) is 12.3 Å². The van der Waals surface area contributed by atoms with Crippen LogP contribution in [-0.2, 0) is 16.2 Å². The molecule has 0 unspecified atom stereocenters. The fraction of sp³-hybridized carbons (Fsp3) is 0.179. The Morgan fingerprint density at radius 1 is 0.886 bits per heavy atom. The average molecular weight is 471 g/mol. The smallest absolute Gasteiger partial charge is 0.335 e. The van der Waals surface area contributed by atoms with E-state index >= 15 is 0 Å². The number of rotatable bonds is 7. The van der Waals surface area contributed by atoms with E-state index in [2.05, 4.69) is 11.4 Å². The lowest BCUT2D eigenvalue weighted by molar-refractivity contribution is -0.122. The minimum absolute atomic E-state index is 0.166. The number of hydrogen-bond donors (Lipinski definition) is 1. The second-order valence-electron chi connectivity index (χ2n) is 8.21. The van der Waals surface area contributed by atoms with Crippen LogP contribution < -0.4 is 19.7 Å². The molecular formula is C28H26N2O5. The molecule has 1 heterocycles. The Kier molecular flexibility index (Phi) is 6.96. The Morgan fingerprint density at radius 2 is 1.57 bits per heavy atom. The molecule has 1 aliphatic heterocycles. The Balaban J connectivity index is 1.61. The highest BCUT2D eigenvalue weighted by Crippen LogP contribution is 2.27. The number of aryl methyl sites for hydroxylation is 2. The maximum atomic E-state index is 13.2. The van der Waals surface area contributed by atoms with Crippen molar-refractivity contribution >= 4 is 29.6 Å². The number of anilines is 1. The number of imide groups is 2. The maximum Gasteiger partial charge on any atom is 0.335 e. The quantitative estimate of drug-likeness (QED) is 0.390. The largest absolute Gasteiger partial charge is 0.494 e. The first kappa shape index (κ1) is 23.8. The number of nitrogens with zero attached hydrogens (tertiary/aromatic N) is 1. The molecule has 0 bridgehead atoms. The van der Waals surface area contributed by atoms with Crippen LogP contribution in [0.1, 0.15) is 29.2 Å². The molecule has 0 aromatic heterocycles. The average Bonchev–Trinajstić information content (AvgIpc) is 2.81. The number of carbonyl (C=O) groups excluding carboxylic acids is 3. The first-order chi connectivity index (χ1) is 16.9. The summed E-state index contributed by atoms with van der Waals surface area (Å²) in [6.45, 7) is 6.75. The molecule has 35 heavy (non-hydrogen) atoms. The van der Waals surface area contributed by atoms with E-state index in [1.165, 1.54) is 6.08 Å². The van der Waals surface area contributed by atoms with E-state index in [1.807, 2.05) is 39.0 Å². The summed E-state index contributed by atoms with van der Waals surface area (Å²) in [5, 5.41) is 2.25.